The van der Waals surface area contributed by atoms with E-state index in [1.54, 1.807) is 24.3 Å². The van der Waals surface area contributed by atoms with Crippen LogP contribution in [0.4, 0.5) is 5.69 Å². The van der Waals surface area contributed by atoms with Crippen LogP contribution in [0.25, 0.3) is 0 Å². The minimum Gasteiger partial charge on any atom is -0.366 e. The lowest BCUT2D eigenvalue weighted by Gasteiger charge is -2.34. The molecule has 2 amide bonds. The van der Waals surface area contributed by atoms with Gasteiger partial charge in [-0.3, -0.25) is 14.5 Å². The Hall–Kier alpha value is -1.92. The van der Waals surface area contributed by atoms with Gasteiger partial charge < -0.3 is 16.0 Å². The highest BCUT2D eigenvalue weighted by molar-refractivity contribution is 6.03. The molecule has 1 aliphatic rings. The first-order chi connectivity index (χ1) is 10.6. The van der Waals surface area contributed by atoms with Crippen LogP contribution in [0, 0.1) is 0 Å². The van der Waals surface area contributed by atoms with E-state index in [2.05, 4.69) is 22.0 Å². The van der Waals surface area contributed by atoms with Crippen molar-refractivity contribution < 1.29 is 9.59 Å². The molecule has 1 aliphatic heterocycles. The second-order valence-corrected chi connectivity index (χ2v) is 5.58. The van der Waals surface area contributed by atoms with E-state index < -0.39 is 5.91 Å². The van der Waals surface area contributed by atoms with Crippen molar-refractivity contribution in [3.05, 3.63) is 29.8 Å². The summed E-state index contributed by atoms with van der Waals surface area (Å²) in [7, 11) is 0. The molecule has 0 aromatic heterocycles. The Labute approximate surface area is 131 Å². The molecule has 0 spiro atoms. The van der Waals surface area contributed by atoms with Gasteiger partial charge in [-0.1, -0.05) is 19.1 Å². The Morgan fingerprint density at radius 2 is 1.77 bits per heavy atom. The predicted molar refractivity (Wildman–Crippen MR) is 86.8 cm³/mol. The summed E-state index contributed by atoms with van der Waals surface area (Å²) in [5.41, 5.74) is 6.13. The summed E-state index contributed by atoms with van der Waals surface area (Å²) >= 11 is 0. The molecule has 1 heterocycles. The molecule has 6 heteroatoms. The summed E-state index contributed by atoms with van der Waals surface area (Å²) in [5, 5.41) is 2.78. The first kappa shape index (κ1) is 16.5. The molecule has 0 saturated carbocycles. The van der Waals surface area contributed by atoms with Gasteiger partial charge in [0.25, 0.3) is 5.91 Å². The number of benzene rings is 1. The monoisotopic (exact) mass is 304 g/mol. The topological polar surface area (TPSA) is 78.7 Å². The van der Waals surface area contributed by atoms with Gasteiger partial charge in [-0.25, -0.2) is 0 Å². The third-order valence-electron chi connectivity index (χ3n) is 3.84. The molecule has 1 aromatic carbocycles. The number of nitrogens with zero attached hydrogens (tertiary/aromatic N) is 2. The van der Waals surface area contributed by atoms with Crippen LogP contribution in [0.1, 0.15) is 23.7 Å². The number of carbonyl (C=O) groups is 2. The maximum Gasteiger partial charge on any atom is 0.250 e. The third-order valence-corrected chi connectivity index (χ3v) is 3.84. The smallest absolute Gasteiger partial charge is 0.250 e. The van der Waals surface area contributed by atoms with E-state index in [4.69, 9.17) is 5.73 Å². The molecule has 1 saturated heterocycles. The van der Waals surface area contributed by atoms with Gasteiger partial charge in [-0.05, 0) is 25.1 Å². The zero-order valence-corrected chi connectivity index (χ0v) is 13.0. The lowest BCUT2D eigenvalue weighted by molar-refractivity contribution is -0.117. The van der Waals surface area contributed by atoms with Gasteiger partial charge in [0.15, 0.2) is 0 Å². The molecule has 3 N–H and O–H groups in total. The summed E-state index contributed by atoms with van der Waals surface area (Å²) in [6.07, 6.45) is 1.16. The van der Waals surface area contributed by atoms with Crippen LogP contribution in [0.15, 0.2) is 24.3 Å². The fourth-order valence-corrected chi connectivity index (χ4v) is 2.69. The molecular formula is C16H24N4O2. The van der Waals surface area contributed by atoms with Gasteiger partial charge in [0.2, 0.25) is 5.91 Å². The fourth-order valence-electron chi connectivity index (χ4n) is 2.69. The van der Waals surface area contributed by atoms with E-state index in [0.717, 1.165) is 39.1 Å². The Morgan fingerprint density at radius 1 is 1.14 bits per heavy atom. The van der Waals surface area contributed by atoms with Crippen LogP contribution < -0.4 is 11.1 Å². The number of rotatable bonds is 6. The SMILES string of the molecule is CCCN1CCN(CC(=O)Nc2ccccc2C(N)=O)CC1. The number of amides is 2. The normalized spacial score (nSPS) is 16.4. The molecule has 0 atom stereocenters. The van der Waals surface area contributed by atoms with E-state index in [-0.39, 0.29) is 5.91 Å². The van der Waals surface area contributed by atoms with Crippen molar-refractivity contribution in [1.82, 2.24) is 9.80 Å². The highest BCUT2D eigenvalue weighted by Gasteiger charge is 2.19. The zero-order chi connectivity index (χ0) is 15.9. The second kappa shape index (κ2) is 7.91. The number of para-hydroxylation sites is 1. The molecule has 1 aromatic rings. The minimum atomic E-state index is -0.538. The Morgan fingerprint density at radius 3 is 2.41 bits per heavy atom. The highest BCUT2D eigenvalue weighted by Crippen LogP contribution is 2.14. The number of nitrogens with one attached hydrogen (secondary N) is 1. The van der Waals surface area contributed by atoms with Gasteiger partial charge in [-0.15, -0.1) is 0 Å². The van der Waals surface area contributed by atoms with E-state index in [0.29, 0.717) is 17.8 Å². The second-order valence-electron chi connectivity index (χ2n) is 5.58. The van der Waals surface area contributed by atoms with E-state index in [9.17, 15) is 9.59 Å². The molecule has 1 fully saturated rings. The summed E-state index contributed by atoms with van der Waals surface area (Å²) in [5.74, 6) is -0.651. The zero-order valence-electron chi connectivity index (χ0n) is 13.0. The van der Waals surface area contributed by atoms with Gasteiger partial charge in [0.05, 0.1) is 17.8 Å². The van der Waals surface area contributed by atoms with Crippen LogP contribution in [-0.2, 0) is 4.79 Å². The standard InChI is InChI=1S/C16H24N4O2/c1-2-7-19-8-10-20(11-9-19)12-15(21)18-14-6-4-3-5-13(14)16(17)22/h3-6H,2,7-12H2,1H3,(H2,17,22)(H,18,21). The lowest BCUT2D eigenvalue weighted by Crippen LogP contribution is -2.48. The molecule has 0 aliphatic carbocycles. The predicted octanol–water partition coefficient (Wildman–Crippen LogP) is 0.752. The summed E-state index contributed by atoms with van der Waals surface area (Å²) < 4.78 is 0. The lowest BCUT2D eigenvalue weighted by atomic mass is 10.1. The number of hydrogen-bond donors (Lipinski definition) is 2. The van der Waals surface area contributed by atoms with E-state index in [1.165, 1.54) is 0 Å². The summed E-state index contributed by atoms with van der Waals surface area (Å²) in [6.45, 7) is 7.42. The van der Waals surface area contributed by atoms with Crippen molar-refractivity contribution in [3.8, 4) is 0 Å². The Kier molecular flexibility index (Phi) is 5.91. The first-order valence-corrected chi connectivity index (χ1v) is 7.73. The summed E-state index contributed by atoms with van der Waals surface area (Å²) in [6, 6.07) is 6.80. The van der Waals surface area contributed by atoms with Crippen molar-refractivity contribution in [3.63, 3.8) is 0 Å². The minimum absolute atomic E-state index is 0.113. The molecule has 0 radical (unpaired) electrons. The van der Waals surface area contributed by atoms with Crippen molar-refractivity contribution >= 4 is 17.5 Å². The largest absolute Gasteiger partial charge is 0.366 e. The molecule has 0 unspecified atom stereocenters. The van der Waals surface area contributed by atoms with Gasteiger partial charge in [-0.2, -0.15) is 0 Å². The van der Waals surface area contributed by atoms with Gasteiger partial charge in [0, 0.05) is 26.2 Å². The van der Waals surface area contributed by atoms with Crippen molar-refractivity contribution in [2.45, 2.75) is 13.3 Å². The van der Waals surface area contributed by atoms with Crippen molar-refractivity contribution in [2.24, 2.45) is 5.73 Å². The van der Waals surface area contributed by atoms with Gasteiger partial charge >= 0.3 is 0 Å². The first-order valence-electron chi connectivity index (χ1n) is 7.73. The number of carbonyl (C=O) groups excluding carboxylic acids is 2. The van der Waals surface area contributed by atoms with E-state index >= 15 is 0 Å². The molecule has 120 valence electrons. The quantitative estimate of drug-likeness (QED) is 0.813. The number of nitrogens with two attached hydrogens (primary N) is 1. The van der Waals surface area contributed by atoms with Crippen LogP contribution >= 0.6 is 0 Å². The molecule has 2 rings (SSSR count). The fraction of sp³-hybridized carbons (Fsp3) is 0.500. The molecule has 22 heavy (non-hydrogen) atoms. The van der Waals surface area contributed by atoms with Crippen LogP contribution in [-0.4, -0.2) is 60.9 Å². The van der Waals surface area contributed by atoms with Crippen LogP contribution in [0.2, 0.25) is 0 Å². The average molecular weight is 304 g/mol. The van der Waals surface area contributed by atoms with Crippen molar-refractivity contribution in [2.75, 3.05) is 44.6 Å². The van der Waals surface area contributed by atoms with Crippen molar-refractivity contribution in [1.29, 1.82) is 0 Å². The average Bonchev–Trinajstić information content (AvgIpc) is 2.50. The number of piperazine rings is 1. The van der Waals surface area contributed by atoms with Crippen LogP contribution in [0.3, 0.4) is 0 Å². The van der Waals surface area contributed by atoms with Gasteiger partial charge in [0.1, 0.15) is 0 Å². The molecular weight excluding hydrogens is 280 g/mol. The van der Waals surface area contributed by atoms with Crippen LogP contribution in [0.5, 0.6) is 0 Å². The van der Waals surface area contributed by atoms with E-state index in [1.807, 2.05) is 0 Å². The number of hydrogen-bond acceptors (Lipinski definition) is 4. The Bertz CT molecular complexity index is 525. The number of primary amides is 1. The maximum absolute atomic E-state index is 12.1. The number of anilines is 1. The maximum atomic E-state index is 12.1. The highest BCUT2D eigenvalue weighted by atomic mass is 16.2. The molecule has 6 nitrogen and oxygen atoms in total. The molecule has 0 bridgehead atoms. The third kappa shape index (κ3) is 4.54. The summed E-state index contributed by atoms with van der Waals surface area (Å²) in [4.78, 5) is 28.0. The Balaban J connectivity index is 1.85.